The van der Waals surface area contributed by atoms with Crippen molar-refractivity contribution in [3.63, 3.8) is 0 Å². The normalized spacial score (nSPS) is 23.2. The van der Waals surface area contributed by atoms with Gasteiger partial charge in [-0.1, -0.05) is 0 Å². The van der Waals surface area contributed by atoms with Gasteiger partial charge in [0, 0.05) is 37.3 Å². The summed E-state index contributed by atoms with van der Waals surface area (Å²) in [6.07, 6.45) is 3.54. The number of H-pyrrole nitrogens is 1. The molecule has 4 rings (SSSR count). The van der Waals surface area contributed by atoms with Gasteiger partial charge < -0.3 is 30.1 Å². The number of hydrogen-bond acceptors (Lipinski definition) is 8. The van der Waals surface area contributed by atoms with Gasteiger partial charge in [-0.3, -0.25) is 5.10 Å². The maximum Gasteiger partial charge on any atom is 0.407 e. The number of aromatic amines is 1. The second-order valence-corrected chi connectivity index (χ2v) is 7.82. The van der Waals surface area contributed by atoms with Crippen LogP contribution in [0.25, 0.3) is 0 Å². The zero-order valence-electron chi connectivity index (χ0n) is 17.1. The van der Waals surface area contributed by atoms with Crippen LogP contribution in [0, 0.1) is 0 Å². The molecule has 0 spiro atoms. The largest absolute Gasteiger partial charge is 0.481 e. The Hall–Kier alpha value is -3.08. The first-order valence-corrected chi connectivity index (χ1v) is 10.1. The fraction of sp³-hybridized carbons (Fsp3) is 0.579. The summed E-state index contributed by atoms with van der Waals surface area (Å²) < 4.78 is 5.35. The summed E-state index contributed by atoms with van der Waals surface area (Å²) in [5.74, 6) is 1.96. The zero-order chi connectivity index (χ0) is 21.3. The van der Waals surface area contributed by atoms with Gasteiger partial charge in [0.15, 0.2) is 5.82 Å². The van der Waals surface area contributed by atoms with Crippen molar-refractivity contribution in [1.82, 2.24) is 25.1 Å². The Morgan fingerprint density at radius 2 is 2.03 bits per heavy atom. The molecular weight excluding hydrogens is 390 g/mol. The van der Waals surface area contributed by atoms with Gasteiger partial charge in [-0.25, -0.2) is 4.79 Å². The van der Waals surface area contributed by atoms with Crippen molar-refractivity contribution in [3.8, 4) is 5.88 Å². The number of piperidine rings is 2. The molecule has 0 unspecified atom stereocenters. The van der Waals surface area contributed by atoms with Crippen LogP contribution in [0.3, 0.4) is 0 Å². The molecule has 2 saturated heterocycles. The first-order valence-electron chi connectivity index (χ1n) is 10.1. The Morgan fingerprint density at radius 1 is 1.30 bits per heavy atom. The third-order valence-electron chi connectivity index (χ3n) is 5.99. The predicted octanol–water partition coefficient (Wildman–Crippen LogP) is 1.94. The summed E-state index contributed by atoms with van der Waals surface area (Å²) in [6, 6.07) is 3.58. The molecule has 4 N–H and O–H groups in total. The van der Waals surface area contributed by atoms with E-state index in [1.807, 2.05) is 11.9 Å². The molecule has 3 atom stereocenters. The van der Waals surface area contributed by atoms with Crippen LogP contribution in [0.1, 0.15) is 37.8 Å². The summed E-state index contributed by atoms with van der Waals surface area (Å²) in [4.78, 5) is 24.4. The number of amides is 1. The molecule has 2 bridgehead atoms. The number of methoxy groups -OCH3 is 1. The zero-order valence-corrected chi connectivity index (χ0v) is 17.1. The highest BCUT2D eigenvalue weighted by atomic mass is 16.5. The van der Waals surface area contributed by atoms with Crippen molar-refractivity contribution in [1.29, 1.82) is 0 Å². The van der Waals surface area contributed by atoms with Gasteiger partial charge in [-0.15, -0.1) is 0 Å². The highest BCUT2D eigenvalue weighted by Crippen LogP contribution is 2.36. The number of ether oxygens (including phenoxy) is 1. The molecule has 2 aliphatic rings. The smallest absolute Gasteiger partial charge is 0.407 e. The van der Waals surface area contributed by atoms with E-state index in [2.05, 4.69) is 25.5 Å². The molecule has 162 valence electrons. The Balaban J connectivity index is 1.54. The standard InChI is InChI=1S/C19H27N7O4/c1-25(14-7-12-4-3-5-13(8-14)26(12)19(28)29)18-21-15(9-17(22-18)30-2)20-16-6-11(10-27)23-24-16/h6,9,12-14,27H,3-5,7-8,10H2,1-2H3,(H,28,29)(H2,20,21,22,23,24)/t12-,13+,14+. The minimum absolute atomic E-state index is 0.0339. The van der Waals surface area contributed by atoms with Gasteiger partial charge in [-0.2, -0.15) is 15.1 Å². The molecule has 0 aliphatic carbocycles. The Labute approximate surface area is 174 Å². The summed E-state index contributed by atoms with van der Waals surface area (Å²) in [7, 11) is 3.48. The van der Waals surface area contributed by atoms with E-state index in [0.29, 0.717) is 29.2 Å². The molecular formula is C19H27N7O4. The fourth-order valence-electron chi connectivity index (χ4n) is 4.52. The second kappa shape index (κ2) is 8.34. The van der Waals surface area contributed by atoms with Crippen LogP contribution in [-0.4, -0.2) is 73.7 Å². The van der Waals surface area contributed by atoms with Crippen molar-refractivity contribution in [2.75, 3.05) is 24.4 Å². The lowest BCUT2D eigenvalue weighted by Crippen LogP contribution is -2.58. The molecule has 2 aromatic heterocycles. The molecule has 2 aliphatic heterocycles. The van der Waals surface area contributed by atoms with Crippen molar-refractivity contribution in [3.05, 3.63) is 17.8 Å². The van der Waals surface area contributed by atoms with E-state index in [1.165, 1.54) is 0 Å². The summed E-state index contributed by atoms with van der Waals surface area (Å²) >= 11 is 0. The first kappa shape index (κ1) is 20.2. The number of nitrogens with zero attached hydrogens (tertiary/aromatic N) is 5. The number of aliphatic hydroxyl groups is 1. The number of nitrogens with one attached hydrogen (secondary N) is 2. The van der Waals surface area contributed by atoms with Gasteiger partial charge in [0.1, 0.15) is 5.82 Å². The van der Waals surface area contributed by atoms with E-state index < -0.39 is 6.09 Å². The van der Waals surface area contributed by atoms with Crippen LogP contribution in [0.15, 0.2) is 12.1 Å². The van der Waals surface area contributed by atoms with E-state index in [9.17, 15) is 15.0 Å². The van der Waals surface area contributed by atoms with Gasteiger partial charge in [0.05, 0.1) is 19.4 Å². The lowest BCUT2D eigenvalue weighted by Gasteiger charge is -2.49. The Morgan fingerprint density at radius 3 is 2.63 bits per heavy atom. The minimum atomic E-state index is -0.823. The molecule has 30 heavy (non-hydrogen) atoms. The molecule has 0 radical (unpaired) electrons. The average molecular weight is 417 g/mol. The van der Waals surface area contributed by atoms with E-state index in [-0.39, 0.29) is 24.7 Å². The molecule has 11 heteroatoms. The highest BCUT2D eigenvalue weighted by Gasteiger charge is 2.42. The molecule has 4 heterocycles. The number of hydrogen-bond donors (Lipinski definition) is 4. The number of aromatic nitrogens is 4. The molecule has 0 saturated carbocycles. The molecule has 2 aromatic rings. The lowest BCUT2D eigenvalue weighted by atomic mass is 9.81. The second-order valence-electron chi connectivity index (χ2n) is 7.82. The van der Waals surface area contributed by atoms with Crippen molar-refractivity contribution < 1.29 is 19.7 Å². The maximum atomic E-state index is 11.7. The fourth-order valence-corrected chi connectivity index (χ4v) is 4.52. The number of aliphatic hydroxyl groups excluding tert-OH is 1. The molecule has 0 aromatic carbocycles. The molecule has 1 amide bonds. The minimum Gasteiger partial charge on any atom is -0.481 e. The predicted molar refractivity (Wildman–Crippen MR) is 109 cm³/mol. The van der Waals surface area contributed by atoms with E-state index in [4.69, 9.17) is 4.74 Å². The number of anilines is 3. The quantitative estimate of drug-likeness (QED) is 0.555. The van der Waals surface area contributed by atoms with Crippen LogP contribution < -0.4 is 15.0 Å². The number of fused-ring (bicyclic) bond motifs is 2. The van der Waals surface area contributed by atoms with Gasteiger partial charge in [-0.05, 0) is 32.1 Å². The summed E-state index contributed by atoms with van der Waals surface area (Å²) in [5.41, 5.74) is 0.590. The topological polar surface area (TPSA) is 140 Å². The van der Waals surface area contributed by atoms with E-state index in [0.717, 1.165) is 32.1 Å². The Bertz CT molecular complexity index is 891. The van der Waals surface area contributed by atoms with Gasteiger partial charge in [0.2, 0.25) is 11.8 Å². The Kier molecular flexibility index (Phi) is 5.62. The van der Waals surface area contributed by atoms with Crippen molar-refractivity contribution >= 4 is 23.7 Å². The third-order valence-corrected chi connectivity index (χ3v) is 5.99. The summed E-state index contributed by atoms with van der Waals surface area (Å²) in [6.45, 7) is -0.132. The van der Waals surface area contributed by atoms with E-state index >= 15 is 0 Å². The number of carbonyl (C=O) groups is 1. The number of rotatable bonds is 6. The first-order chi connectivity index (χ1) is 14.5. The van der Waals surface area contributed by atoms with Crippen LogP contribution in [-0.2, 0) is 6.61 Å². The van der Waals surface area contributed by atoms with Gasteiger partial charge in [0.25, 0.3) is 0 Å². The van der Waals surface area contributed by atoms with Crippen molar-refractivity contribution in [2.45, 2.75) is 56.8 Å². The molecule has 11 nitrogen and oxygen atoms in total. The van der Waals surface area contributed by atoms with Crippen LogP contribution in [0.2, 0.25) is 0 Å². The third kappa shape index (κ3) is 3.97. The lowest BCUT2D eigenvalue weighted by molar-refractivity contribution is 0.0351. The summed E-state index contributed by atoms with van der Waals surface area (Å²) in [5, 5.41) is 28.7. The van der Waals surface area contributed by atoms with Crippen molar-refractivity contribution in [2.24, 2.45) is 0 Å². The van der Waals surface area contributed by atoms with E-state index in [1.54, 1.807) is 24.1 Å². The highest BCUT2D eigenvalue weighted by molar-refractivity contribution is 5.66. The monoisotopic (exact) mass is 417 g/mol. The van der Waals surface area contributed by atoms with Crippen LogP contribution >= 0.6 is 0 Å². The average Bonchev–Trinajstić information content (AvgIpc) is 3.19. The van der Waals surface area contributed by atoms with Crippen LogP contribution in [0.5, 0.6) is 5.88 Å². The SMILES string of the molecule is COc1cc(Nc2cc(CO)[nH]n2)nc(N(C)[C@H]2C[C@H]3CCC[C@@H](C2)N3C(=O)O)n1. The maximum absolute atomic E-state index is 11.7. The number of carboxylic acid groups (broad SMARTS) is 1. The molecule has 2 fully saturated rings. The van der Waals surface area contributed by atoms with Crippen LogP contribution in [0.4, 0.5) is 22.4 Å². The van der Waals surface area contributed by atoms with Gasteiger partial charge >= 0.3 is 6.09 Å².